The number of likely N-dealkylation sites (tertiary alicyclic amines) is 1. The minimum atomic E-state index is -0.515. The minimum Gasteiger partial charge on any atom is -0.491 e. The van der Waals surface area contributed by atoms with E-state index in [4.69, 9.17) is 9.84 Å². The minimum absolute atomic E-state index is 0.0500. The fourth-order valence-electron chi connectivity index (χ4n) is 4.21. The van der Waals surface area contributed by atoms with Gasteiger partial charge in [0.25, 0.3) is 0 Å². The van der Waals surface area contributed by atoms with Crippen LogP contribution in [-0.2, 0) is 6.54 Å². The number of aromatic nitrogens is 3. The molecule has 0 spiro atoms. The molecule has 0 bridgehead atoms. The molecule has 3 aromatic rings. The molecule has 8 nitrogen and oxygen atoms in total. The summed E-state index contributed by atoms with van der Waals surface area (Å²) in [6.45, 7) is 8.23. The van der Waals surface area contributed by atoms with Crippen LogP contribution in [0.3, 0.4) is 0 Å². The normalized spacial score (nSPS) is 16.4. The molecule has 0 saturated carbocycles. The highest BCUT2D eigenvalue weighted by atomic mass is 19.1. The average molecular weight is 456 g/mol. The van der Waals surface area contributed by atoms with Crippen LogP contribution in [0.15, 0.2) is 30.7 Å². The van der Waals surface area contributed by atoms with Crippen molar-refractivity contribution in [3.63, 3.8) is 0 Å². The number of nitrogens with one attached hydrogen (secondary N) is 1. The van der Waals surface area contributed by atoms with E-state index in [0.29, 0.717) is 13.1 Å². The highest BCUT2D eigenvalue weighted by molar-refractivity contribution is 5.60. The first kappa shape index (κ1) is 23.2. The fourth-order valence-corrected chi connectivity index (χ4v) is 4.21. The number of benzene rings is 1. The third kappa shape index (κ3) is 5.32. The van der Waals surface area contributed by atoms with Crippen molar-refractivity contribution < 1.29 is 19.3 Å². The predicted octanol–water partition coefficient (Wildman–Crippen LogP) is 3.01. The zero-order valence-corrected chi connectivity index (χ0v) is 19.2. The SMILES string of the molecule is Cc1cn(-c2nc(Nc3cc(C)c(OCCO)c(C)c3)ncc2F)cc1CN1CCC(O)C1. The molecule has 0 radical (unpaired) electrons. The van der Waals surface area contributed by atoms with Gasteiger partial charge in [-0.05, 0) is 61.6 Å². The van der Waals surface area contributed by atoms with Crippen molar-refractivity contribution in [3.8, 4) is 11.6 Å². The summed E-state index contributed by atoms with van der Waals surface area (Å²) in [5, 5.41) is 21.9. The van der Waals surface area contributed by atoms with E-state index in [1.165, 1.54) is 0 Å². The Balaban J connectivity index is 1.55. The number of hydrogen-bond acceptors (Lipinski definition) is 7. The molecule has 0 amide bonds. The van der Waals surface area contributed by atoms with Crippen LogP contribution in [0.4, 0.5) is 16.0 Å². The molecule has 33 heavy (non-hydrogen) atoms. The van der Waals surface area contributed by atoms with Crippen LogP contribution in [0.5, 0.6) is 5.75 Å². The lowest BCUT2D eigenvalue weighted by atomic mass is 10.1. The second-order valence-electron chi connectivity index (χ2n) is 8.55. The molecular formula is C24H30FN5O3. The number of β-amino-alcohol motifs (C(OH)–C–C–N with tert-alkyl or cyclic N) is 1. The lowest BCUT2D eigenvalue weighted by molar-refractivity contribution is 0.174. The zero-order chi connectivity index (χ0) is 23.5. The van der Waals surface area contributed by atoms with Gasteiger partial charge in [0.2, 0.25) is 5.95 Å². The molecule has 3 heterocycles. The molecule has 1 aliphatic rings. The number of aliphatic hydroxyl groups is 2. The van der Waals surface area contributed by atoms with Gasteiger partial charge in [0, 0.05) is 37.7 Å². The zero-order valence-electron chi connectivity index (χ0n) is 19.2. The van der Waals surface area contributed by atoms with E-state index in [0.717, 1.165) is 52.9 Å². The summed E-state index contributed by atoms with van der Waals surface area (Å²) in [6, 6.07) is 3.79. The summed E-state index contributed by atoms with van der Waals surface area (Å²) in [5.74, 6) is 0.666. The van der Waals surface area contributed by atoms with Gasteiger partial charge in [-0.1, -0.05) is 0 Å². The molecule has 1 unspecified atom stereocenters. The largest absolute Gasteiger partial charge is 0.491 e. The third-order valence-corrected chi connectivity index (χ3v) is 5.80. The molecule has 1 fully saturated rings. The molecule has 4 rings (SSSR count). The maximum atomic E-state index is 14.6. The van der Waals surface area contributed by atoms with Crippen LogP contribution in [0, 0.1) is 26.6 Å². The van der Waals surface area contributed by atoms with Crippen LogP contribution in [0.1, 0.15) is 28.7 Å². The second-order valence-corrected chi connectivity index (χ2v) is 8.55. The summed E-state index contributed by atoms with van der Waals surface area (Å²) in [4.78, 5) is 10.7. The second kappa shape index (κ2) is 9.86. The molecule has 1 aromatic carbocycles. The van der Waals surface area contributed by atoms with E-state index in [1.807, 2.05) is 45.3 Å². The topological polar surface area (TPSA) is 95.7 Å². The van der Waals surface area contributed by atoms with E-state index in [2.05, 4.69) is 20.2 Å². The molecular weight excluding hydrogens is 425 g/mol. The number of rotatable bonds is 8. The molecule has 1 aliphatic heterocycles. The van der Waals surface area contributed by atoms with Gasteiger partial charge < -0.3 is 24.8 Å². The Morgan fingerprint density at radius 2 is 1.94 bits per heavy atom. The van der Waals surface area contributed by atoms with Gasteiger partial charge in [-0.3, -0.25) is 4.90 Å². The van der Waals surface area contributed by atoms with Crippen molar-refractivity contribution in [2.24, 2.45) is 0 Å². The lowest BCUT2D eigenvalue weighted by Gasteiger charge is -2.14. The first-order chi connectivity index (χ1) is 15.8. The van der Waals surface area contributed by atoms with E-state index >= 15 is 0 Å². The van der Waals surface area contributed by atoms with Crippen molar-refractivity contribution in [2.75, 3.05) is 31.6 Å². The number of halogens is 1. The van der Waals surface area contributed by atoms with Crippen LogP contribution in [0.25, 0.3) is 5.82 Å². The van der Waals surface area contributed by atoms with E-state index in [9.17, 15) is 9.50 Å². The summed E-state index contributed by atoms with van der Waals surface area (Å²) in [6.07, 6.45) is 5.41. The smallest absolute Gasteiger partial charge is 0.229 e. The van der Waals surface area contributed by atoms with Crippen molar-refractivity contribution in [1.29, 1.82) is 0 Å². The predicted molar refractivity (Wildman–Crippen MR) is 124 cm³/mol. The fraction of sp³-hybridized carbons (Fsp3) is 0.417. The van der Waals surface area contributed by atoms with Gasteiger partial charge >= 0.3 is 0 Å². The quantitative estimate of drug-likeness (QED) is 0.481. The summed E-state index contributed by atoms with van der Waals surface area (Å²) in [7, 11) is 0. The highest BCUT2D eigenvalue weighted by Gasteiger charge is 2.21. The van der Waals surface area contributed by atoms with Gasteiger partial charge in [0.05, 0.1) is 18.9 Å². The summed E-state index contributed by atoms with van der Waals surface area (Å²) < 4.78 is 21.9. The van der Waals surface area contributed by atoms with E-state index in [-0.39, 0.29) is 31.1 Å². The lowest BCUT2D eigenvalue weighted by Crippen LogP contribution is -2.21. The first-order valence-electron chi connectivity index (χ1n) is 11.1. The van der Waals surface area contributed by atoms with Crippen molar-refractivity contribution in [2.45, 2.75) is 39.8 Å². The molecule has 1 saturated heterocycles. The van der Waals surface area contributed by atoms with Crippen LogP contribution in [-0.4, -0.2) is 62.1 Å². The van der Waals surface area contributed by atoms with E-state index < -0.39 is 5.82 Å². The standard InChI is InChI=1S/C24H30FN5O3/c1-15-8-19(9-16(2)22(15)33-7-6-31)27-24-26-10-21(25)23(28-24)30-11-17(3)18(13-30)12-29-5-4-20(32)14-29/h8-11,13,20,31-32H,4-7,12,14H2,1-3H3,(H,26,27,28). The molecule has 9 heteroatoms. The van der Waals surface area contributed by atoms with Gasteiger partial charge in [0.1, 0.15) is 12.4 Å². The van der Waals surface area contributed by atoms with Crippen LogP contribution < -0.4 is 10.1 Å². The number of aliphatic hydroxyl groups excluding tert-OH is 2. The van der Waals surface area contributed by atoms with Crippen LogP contribution in [0.2, 0.25) is 0 Å². The maximum absolute atomic E-state index is 14.6. The number of hydrogen-bond donors (Lipinski definition) is 3. The third-order valence-electron chi connectivity index (χ3n) is 5.80. The van der Waals surface area contributed by atoms with Crippen molar-refractivity contribution in [1.82, 2.24) is 19.4 Å². The maximum Gasteiger partial charge on any atom is 0.229 e. The Labute approximate surface area is 192 Å². The average Bonchev–Trinajstić information content (AvgIpc) is 3.34. The molecule has 2 aromatic heterocycles. The number of ether oxygens (including phenoxy) is 1. The highest BCUT2D eigenvalue weighted by Crippen LogP contribution is 2.29. The van der Waals surface area contributed by atoms with Gasteiger partial charge in [-0.2, -0.15) is 4.98 Å². The Hall–Kier alpha value is -3.01. The van der Waals surface area contributed by atoms with Gasteiger partial charge in [0.15, 0.2) is 11.6 Å². The number of anilines is 2. The Morgan fingerprint density at radius 1 is 1.18 bits per heavy atom. The number of aryl methyl sites for hydroxylation is 3. The molecule has 176 valence electrons. The van der Waals surface area contributed by atoms with Crippen molar-refractivity contribution in [3.05, 3.63) is 58.8 Å². The Bertz CT molecular complexity index is 1110. The van der Waals surface area contributed by atoms with E-state index in [1.54, 1.807) is 4.57 Å². The molecule has 1 atom stereocenters. The monoisotopic (exact) mass is 455 g/mol. The molecule has 3 N–H and O–H groups in total. The van der Waals surface area contributed by atoms with Crippen molar-refractivity contribution >= 4 is 11.6 Å². The number of nitrogens with zero attached hydrogens (tertiary/aromatic N) is 4. The van der Waals surface area contributed by atoms with Gasteiger partial charge in [-0.25, -0.2) is 9.37 Å². The summed E-state index contributed by atoms with van der Waals surface area (Å²) in [5.41, 5.74) is 4.68. The van der Waals surface area contributed by atoms with Gasteiger partial charge in [-0.15, -0.1) is 0 Å². The first-order valence-corrected chi connectivity index (χ1v) is 11.1. The summed E-state index contributed by atoms with van der Waals surface area (Å²) >= 11 is 0. The van der Waals surface area contributed by atoms with Crippen LogP contribution >= 0.6 is 0 Å². The Kier molecular flexibility index (Phi) is 6.92. The molecule has 0 aliphatic carbocycles. The Morgan fingerprint density at radius 3 is 2.61 bits per heavy atom.